The van der Waals surface area contributed by atoms with E-state index < -0.39 is 0 Å². The number of thiophene rings is 1. The van der Waals surface area contributed by atoms with Gasteiger partial charge in [-0.15, -0.1) is 11.3 Å². The third-order valence-corrected chi connectivity index (χ3v) is 7.16. The highest BCUT2D eigenvalue weighted by Crippen LogP contribution is 2.33. The largest absolute Gasteiger partial charge is 0.325 e. The molecule has 1 aliphatic carbocycles. The van der Waals surface area contributed by atoms with Crippen molar-refractivity contribution < 1.29 is 4.79 Å². The van der Waals surface area contributed by atoms with E-state index in [0.29, 0.717) is 12.4 Å². The van der Waals surface area contributed by atoms with Crippen LogP contribution in [0.15, 0.2) is 29.1 Å². The van der Waals surface area contributed by atoms with Crippen molar-refractivity contribution in [3.8, 4) is 0 Å². The first-order chi connectivity index (χ1) is 15.5. The van der Waals surface area contributed by atoms with Crippen molar-refractivity contribution in [2.75, 3.05) is 19.4 Å². The summed E-state index contributed by atoms with van der Waals surface area (Å²) in [4.78, 5) is 35.3. The van der Waals surface area contributed by atoms with Crippen LogP contribution in [0.4, 0.5) is 5.69 Å². The van der Waals surface area contributed by atoms with Crippen LogP contribution in [-0.4, -0.2) is 34.5 Å². The van der Waals surface area contributed by atoms with Gasteiger partial charge in [-0.1, -0.05) is 25.5 Å². The highest BCUT2D eigenvalue weighted by Gasteiger charge is 2.23. The molecule has 4 rings (SSSR count). The quantitative estimate of drug-likeness (QED) is 0.551. The third-order valence-electron chi connectivity index (χ3n) is 5.97. The number of nitrogens with zero attached hydrogens (tertiary/aromatic N) is 3. The lowest BCUT2D eigenvalue weighted by Gasteiger charge is -2.16. The van der Waals surface area contributed by atoms with Crippen molar-refractivity contribution in [2.45, 2.75) is 65.0 Å². The van der Waals surface area contributed by atoms with Crippen LogP contribution in [0.2, 0.25) is 0 Å². The summed E-state index contributed by atoms with van der Waals surface area (Å²) in [6.07, 6.45) is 7.58. The van der Waals surface area contributed by atoms with Crippen molar-refractivity contribution in [1.82, 2.24) is 14.5 Å². The van der Waals surface area contributed by atoms with Crippen LogP contribution in [0.1, 0.15) is 54.4 Å². The Bertz CT molecular complexity index is 1160. The fourth-order valence-corrected chi connectivity index (χ4v) is 5.60. The number of nitrogens with one attached hydrogen (secondary N) is 1. The molecule has 0 saturated carbocycles. The summed E-state index contributed by atoms with van der Waals surface area (Å²) in [5.41, 5.74) is 3.09. The van der Waals surface area contributed by atoms with Crippen LogP contribution in [0.5, 0.6) is 0 Å². The Balaban J connectivity index is 1.61. The van der Waals surface area contributed by atoms with Crippen LogP contribution in [-0.2, 0) is 37.1 Å². The molecule has 1 aliphatic rings. The fraction of sp³-hybridized carbons (Fsp3) is 0.480. The first kappa shape index (κ1) is 22.7. The lowest BCUT2D eigenvalue weighted by atomic mass is 9.97. The standard InChI is InChI=1S/C25H32N4O2S/c1-4-5-8-17-11-13-18(14-12-17)26-22(30)16-29-21(15-28(2)3)27-24-23(25(29)31)19-9-6-7-10-20(19)32-24/h11-14H,4-10,15-16H2,1-3H3,(H,26,30). The van der Waals surface area contributed by atoms with E-state index in [2.05, 4.69) is 24.4 Å². The number of hydrogen-bond donors (Lipinski definition) is 1. The molecule has 6 nitrogen and oxygen atoms in total. The number of rotatable bonds is 8. The lowest BCUT2D eigenvalue weighted by Crippen LogP contribution is -2.33. The third kappa shape index (κ3) is 4.94. The number of aromatic nitrogens is 2. The minimum Gasteiger partial charge on any atom is -0.325 e. The van der Waals surface area contributed by atoms with Gasteiger partial charge in [-0.2, -0.15) is 0 Å². The Morgan fingerprint density at radius 1 is 1.19 bits per heavy atom. The number of carbonyl (C=O) groups excluding carboxylic acids is 1. The summed E-state index contributed by atoms with van der Waals surface area (Å²) < 4.78 is 1.56. The van der Waals surface area contributed by atoms with Crippen LogP contribution in [0, 0.1) is 0 Å². The second-order valence-electron chi connectivity index (χ2n) is 8.90. The van der Waals surface area contributed by atoms with E-state index >= 15 is 0 Å². The van der Waals surface area contributed by atoms with Gasteiger partial charge < -0.3 is 10.2 Å². The average Bonchev–Trinajstić information content (AvgIpc) is 3.14. The SMILES string of the molecule is CCCCc1ccc(NC(=O)Cn2c(CN(C)C)nc3sc4c(c3c2=O)CCCC4)cc1. The molecule has 0 radical (unpaired) electrons. The molecular formula is C25H32N4O2S. The van der Waals surface area contributed by atoms with E-state index in [1.165, 1.54) is 10.4 Å². The van der Waals surface area contributed by atoms with Crippen molar-refractivity contribution in [1.29, 1.82) is 0 Å². The van der Waals surface area contributed by atoms with Gasteiger partial charge in [-0.3, -0.25) is 14.2 Å². The maximum absolute atomic E-state index is 13.5. The summed E-state index contributed by atoms with van der Waals surface area (Å²) in [5, 5.41) is 3.67. The lowest BCUT2D eigenvalue weighted by molar-refractivity contribution is -0.116. The number of fused-ring (bicyclic) bond motifs is 3. The molecule has 0 atom stereocenters. The molecular weight excluding hydrogens is 420 g/mol. The number of anilines is 1. The Labute approximate surface area is 193 Å². The molecule has 7 heteroatoms. The molecule has 0 unspecified atom stereocenters. The monoisotopic (exact) mass is 452 g/mol. The van der Waals surface area contributed by atoms with Gasteiger partial charge >= 0.3 is 0 Å². The molecule has 0 bridgehead atoms. The Morgan fingerprint density at radius 3 is 2.66 bits per heavy atom. The number of aryl methyl sites for hydroxylation is 3. The molecule has 0 saturated heterocycles. The number of carbonyl (C=O) groups is 1. The molecule has 2 heterocycles. The van der Waals surface area contributed by atoms with Gasteiger partial charge in [-0.05, 0) is 75.9 Å². The Kier molecular flexibility index (Phi) is 7.06. The van der Waals surface area contributed by atoms with Crippen LogP contribution >= 0.6 is 11.3 Å². The van der Waals surface area contributed by atoms with Crippen LogP contribution in [0.3, 0.4) is 0 Å². The van der Waals surface area contributed by atoms with Crippen molar-refractivity contribution in [3.63, 3.8) is 0 Å². The molecule has 1 N–H and O–H groups in total. The summed E-state index contributed by atoms with van der Waals surface area (Å²) >= 11 is 1.65. The zero-order valence-electron chi connectivity index (χ0n) is 19.2. The van der Waals surface area contributed by atoms with Crippen LogP contribution < -0.4 is 10.9 Å². The summed E-state index contributed by atoms with van der Waals surface area (Å²) in [6, 6.07) is 7.98. The van der Waals surface area contributed by atoms with E-state index in [4.69, 9.17) is 4.98 Å². The zero-order chi connectivity index (χ0) is 22.7. The number of unbranched alkanes of at least 4 members (excludes halogenated alkanes) is 1. The van der Waals surface area contributed by atoms with Gasteiger partial charge in [-0.25, -0.2) is 4.98 Å². The Hall–Kier alpha value is -2.51. The van der Waals surface area contributed by atoms with Gasteiger partial charge in [0.2, 0.25) is 5.91 Å². The maximum Gasteiger partial charge on any atom is 0.263 e. The van der Waals surface area contributed by atoms with Gasteiger partial charge in [0.15, 0.2) is 0 Å². The Morgan fingerprint density at radius 2 is 1.94 bits per heavy atom. The van der Waals surface area contributed by atoms with Crippen molar-refractivity contribution in [3.05, 3.63) is 56.4 Å². The number of benzene rings is 1. The molecule has 2 aromatic heterocycles. The highest BCUT2D eigenvalue weighted by atomic mass is 32.1. The summed E-state index contributed by atoms with van der Waals surface area (Å²) in [7, 11) is 3.89. The van der Waals surface area contributed by atoms with Crippen LogP contribution in [0.25, 0.3) is 10.2 Å². The topological polar surface area (TPSA) is 67.2 Å². The zero-order valence-corrected chi connectivity index (χ0v) is 20.1. The molecule has 1 amide bonds. The van der Waals surface area contributed by atoms with Crippen molar-refractivity contribution >= 4 is 33.1 Å². The minimum atomic E-state index is -0.210. The minimum absolute atomic E-state index is 0.0346. The highest BCUT2D eigenvalue weighted by molar-refractivity contribution is 7.18. The fourth-order valence-electron chi connectivity index (χ4n) is 4.33. The van der Waals surface area contributed by atoms with Gasteiger partial charge in [0, 0.05) is 10.6 Å². The van der Waals surface area contributed by atoms with Gasteiger partial charge in [0.05, 0.1) is 11.9 Å². The number of hydrogen-bond acceptors (Lipinski definition) is 5. The second-order valence-corrected chi connectivity index (χ2v) is 9.98. The van der Waals surface area contributed by atoms with E-state index in [0.717, 1.165) is 66.4 Å². The molecule has 170 valence electrons. The maximum atomic E-state index is 13.5. The molecule has 0 aliphatic heterocycles. The molecule has 1 aromatic carbocycles. The molecule has 32 heavy (non-hydrogen) atoms. The van der Waals surface area contributed by atoms with Gasteiger partial charge in [0.1, 0.15) is 17.2 Å². The molecule has 0 spiro atoms. The normalized spacial score (nSPS) is 13.5. The smallest absolute Gasteiger partial charge is 0.263 e. The second kappa shape index (κ2) is 9.96. The van der Waals surface area contributed by atoms with E-state index in [9.17, 15) is 9.59 Å². The van der Waals surface area contributed by atoms with E-state index in [1.54, 1.807) is 15.9 Å². The first-order valence-electron chi connectivity index (χ1n) is 11.5. The van der Waals surface area contributed by atoms with E-state index in [-0.39, 0.29) is 18.0 Å². The van der Waals surface area contributed by atoms with Crippen molar-refractivity contribution in [2.24, 2.45) is 0 Å². The van der Waals surface area contributed by atoms with Gasteiger partial charge in [0.25, 0.3) is 5.56 Å². The van der Waals surface area contributed by atoms with E-state index in [1.807, 2.05) is 31.1 Å². The predicted octanol–water partition coefficient (Wildman–Crippen LogP) is 4.38. The molecule has 0 fully saturated rings. The molecule has 3 aromatic rings. The first-order valence-corrected chi connectivity index (χ1v) is 12.4. The summed E-state index contributed by atoms with van der Waals surface area (Å²) in [5.74, 6) is 0.426. The summed E-state index contributed by atoms with van der Waals surface area (Å²) in [6.45, 7) is 2.65. The number of amides is 1. The average molecular weight is 453 g/mol. The predicted molar refractivity (Wildman–Crippen MR) is 132 cm³/mol.